The van der Waals surface area contributed by atoms with Gasteiger partial charge >= 0.3 is 0 Å². The van der Waals surface area contributed by atoms with Crippen LogP contribution in [0.25, 0.3) is 0 Å². The van der Waals surface area contributed by atoms with Crippen LogP contribution in [0.1, 0.15) is 21.8 Å². The number of morpholine rings is 1. The number of hydrogen-bond acceptors (Lipinski definition) is 6. The molecule has 1 saturated heterocycles. The molecule has 1 aliphatic rings. The maximum atomic E-state index is 12.7. The molecule has 0 bridgehead atoms. The van der Waals surface area contributed by atoms with E-state index in [1.54, 1.807) is 11.9 Å². The van der Waals surface area contributed by atoms with Crippen LogP contribution in [-0.2, 0) is 16.0 Å². The lowest BCUT2D eigenvalue weighted by Gasteiger charge is -2.29. The Kier molecular flexibility index (Phi) is 5.98. The van der Waals surface area contributed by atoms with Gasteiger partial charge in [-0.3, -0.25) is 15.0 Å². The monoisotopic (exact) mass is 358 g/mol. The van der Waals surface area contributed by atoms with Gasteiger partial charge in [-0.25, -0.2) is 5.01 Å². The van der Waals surface area contributed by atoms with Gasteiger partial charge in [-0.2, -0.15) is 0 Å². The molecule has 1 aromatic heterocycles. The molecule has 0 radical (unpaired) electrons. The third-order valence-electron chi connectivity index (χ3n) is 4.04. The predicted octanol–water partition coefficient (Wildman–Crippen LogP) is 0.688. The molecule has 0 saturated carbocycles. The van der Waals surface area contributed by atoms with Gasteiger partial charge in [0.15, 0.2) is 5.69 Å². The van der Waals surface area contributed by atoms with Gasteiger partial charge in [0.25, 0.3) is 11.8 Å². The smallest absolute Gasteiger partial charge is 0.274 e. The lowest BCUT2D eigenvalue weighted by Crippen LogP contribution is -2.55. The number of nitrogens with one attached hydrogen (secondary N) is 2. The van der Waals surface area contributed by atoms with Gasteiger partial charge < -0.3 is 14.6 Å². The van der Waals surface area contributed by atoms with E-state index in [4.69, 9.17) is 9.26 Å². The van der Waals surface area contributed by atoms with Crippen molar-refractivity contribution in [2.45, 2.75) is 19.4 Å². The third-order valence-corrected chi connectivity index (χ3v) is 4.04. The standard InChI is InChI=1S/C18H22N4O4/c1-13-11-16(21-26-13)17(23)19-15(12-14-5-3-2-4-6-14)18(24)20-22-7-9-25-10-8-22/h2-6,11,15H,7-10,12H2,1H3,(H,19,23)(H,20,24)/t15-/m0/s1. The van der Waals surface area contributed by atoms with Crippen molar-refractivity contribution in [3.8, 4) is 0 Å². The molecule has 1 atom stereocenters. The number of carbonyl (C=O) groups is 2. The average Bonchev–Trinajstić information content (AvgIpc) is 3.09. The lowest BCUT2D eigenvalue weighted by atomic mass is 10.1. The van der Waals surface area contributed by atoms with Crippen LogP contribution in [0.15, 0.2) is 40.9 Å². The van der Waals surface area contributed by atoms with Crippen molar-refractivity contribution < 1.29 is 18.8 Å². The minimum Gasteiger partial charge on any atom is -0.379 e. The van der Waals surface area contributed by atoms with Crippen molar-refractivity contribution >= 4 is 11.8 Å². The third kappa shape index (κ3) is 4.90. The summed E-state index contributed by atoms with van der Waals surface area (Å²) in [5.41, 5.74) is 3.96. The Morgan fingerprint density at radius 1 is 1.23 bits per heavy atom. The summed E-state index contributed by atoms with van der Waals surface area (Å²) in [7, 11) is 0. The second kappa shape index (κ2) is 8.59. The Hall–Kier alpha value is -2.71. The lowest BCUT2D eigenvalue weighted by molar-refractivity contribution is -0.129. The van der Waals surface area contributed by atoms with Crippen LogP contribution in [0.5, 0.6) is 0 Å². The number of amides is 2. The summed E-state index contributed by atoms with van der Waals surface area (Å²) >= 11 is 0. The van der Waals surface area contributed by atoms with Gasteiger partial charge in [-0.1, -0.05) is 35.5 Å². The summed E-state index contributed by atoms with van der Waals surface area (Å²) in [5, 5.41) is 8.26. The van der Waals surface area contributed by atoms with Crippen LogP contribution < -0.4 is 10.7 Å². The Morgan fingerprint density at radius 3 is 2.62 bits per heavy atom. The first-order valence-corrected chi connectivity index (χ1v) is 8.53. The Bertz CT molecular complexity index is 741. The number of rotatable bonds is 6. The zero-order valence-electron chi connectivity index (χ0n) is 14.6. The van der Waals surface area contributed by atoms with Gasteiger partial charge in [0.1, 0.15) is 11.8 Å². The molecule has 2 N–H and O–H groups in total. The van der Waals surface area contributed by atoms with Gasteiger partial charge in [-0.05, 0) is 12.5 Å². The van der Waals surface area contributed by atoms with E-state index in [0.717, 1.165) is 5.56 Å². The van der Waals surface area contributed by atoms with Gasteiger partial charge in [0.2, 0.25) is 0 Å². The van der Waals surface area contributed by atoms with E-state index in [1.807, 2.05) is 30.3 Å². The number of ether oxygens (including phenoxy) is 1. The van der Waals surface area contributed by atoms with E-state index in [0.29, 0.717) is 38.5 Å². The molecule has 0 spiro atoms. The topological polar surface area (TPSA) is 96.7 Å². The Morgan fingerprint density at radius 2 is 1.96 bits per heavy atom. The van der Waals surface area contributed by atoms with Crippen molar-refractivity contribution in [3.05, 3.63) is 53.4 Å². The molecule has 0 unspecified atom stereocenters. The normalized spacial score (nSPS) is 16.0. The number of benzene rings is 1. The van der Waals surface area contributed by atoms with Crippen molar-refractivity contribution in [1.82, 2.24) is 20.9 Å². The predicted molar refractivity (Wildman–Crippen MR) is 93.2 cm³/mol. The first-order chi connectivity index (χ1) is 12.6. The SMILES string of the molecule is Cc1cc(C(=O)N[C@@H](Cc2ccccc2)C(=O)NN2CCOCC2)no1. The fourth-order valence-corrected chi connectivity index (χ4v) is 2.67. The summed E-state index contributed by atoms with van der Waals surface area (Å²) in [6.07, 6.45) is 0.375. The van der Waals surface area contributed by atoms with Crippen LogP contribution in [-0.4, -0.2) is 54.3 Å². The summed E-state index contributed by atoms with van der Waals surface area (Å²) in [6.45, 7) is 4.05. The largest absolute Gasteiger partial charge is 0.379 e. The molecule has 2 amide bonds. The van der Waals surface area contributed by atoms with Crippen molar-refractivity contribution in [1.29, 1.82) is 0 Å². The summed E-state index contributed by atoms with van der Waals surface area (Å²) < 4.78 is 10.2. The fraction of sp³-hybridized carbons (Fsp3) is 0.389. The Labute approximate surface area is 151 Å². The van der Waals surface area contributed by atoms with Gasteiger partial charge in [0, 0.05) is 25.6 Å². The van der Waals surface area contributed by atoms with E-state index in [1.165, 1.54) is 6.07 Å². The highest BCUT2D eigenvalue weighted by atomic mass is 16.5. The van der Waals surface area contributed by atoms with Crippen LogP contribution in [0.4, 0.5) is 0 Å². The summed E-state index contributed by atoms with van der Waals surface area (Å²) in [4.78, 5) is 25.1. The van der Waals surface area contributed by atoms with Gasteiger partial charge in [0.05, 0.1) is 13.2 Å². The van der Waals surface area contributed by atoms with Crippen LogP contribution in [0, 0.1) is 6.92 Å². The maximum absolute atomic E-state index is 12.7. The summed E-state index contributed by atoms with van der Waals surface area (Å²) in [6, 6.07) is 10.3. The number of aromatic nitrogens is 1. The molecule has 138 valence electrons. The highest BCUT2D eigenvalue weighted by Crippen LogP contribution is 2.07. The van der Waals surface area contributed by atoms with Crippen LogP contribution >= 0.6 is 0 Å². The summed E-state index contributed by atoms with van der Waals surface area (Å²) in [5.74, 6) is -0.184. The molecule has 8 heteroatoms. The number of aryl methyl sites for hydroxylation is 1. The van der Waals surface area contributed by atoms with Gasteiger partial charge in [-0.15, -0.1) is 0 Å². The molecule has 3 rings (SSSR count). The number of hydrogen-bond donors (Lipinski definition) is 2. The number of nitrogens with zero attached hydrogens (tertiary/aromatic N) is 2. The highest BCUT2D eigenvalue weighted by molar-refractivity contribution is 5.96. The molecule has 1 fully saturated rings. The highest BCUT2D eigenvalue weighted by Gasteiger charge is 2.25. The second-order valence-corrected chi connectivity index (χ2v) is 6.11. The quantitative estimate of drug-likeness (QED) is 0.789. The average molecular weight is 358 g/mol. The maximum Gasteiger partial charge on any atom is 0.274 e. The first-order valence-electron chi connectivity index (χ1n) is 8.53. The van der Waals surface area contributed by atoms with Crippen LogP contribution in [0.3, 0.4) is 0 Å². The van der Waals surface area contributed by atoms with Crippen molar-refractivity contribution in [2.24, 2.45) is 0 Å². The zero-order valence-corrected chi connectivity index (χ0v) is 14.6. The molecule has 1 aliphatic heterocycles. The fourth-order valence-electron chi connectivity index (χ4n) is 2.67. The van der Waals surface area contributed by atoms with E-state index in [2.05, 4.69) is 15.9 Å². The van der Waals surface area contributed by atoms with E-state index >= 15 is 0 Å². The molecular weight excluding hydrogens is 336 g/mol. The zero-order chi connectivity index (χ0) is 18.4. The van der Waals surface area contributed by atoms with E-state index in [-0.39, 0.29) is 11.6 Å². The minimum atomic E-state index is -0.732. The second-order valence-electron chi connectivity index (χ2n) is 6.11. The van der Waals surface area contributed by atoms with Crippen molar-refractivity contribution in [3.63, 3.8) is 0 Å². The minimum absolute atomic E-state index is 0.153. The number of carbonyl (C=O) groups excluding carboxylic acids is 2. The molecule has 8 nitrogen and oxygen atoms in total. The molecule has 1 aromatic carbocycles. The molecule has 0 aliphatic carbocycles. The Balaban J connectivity index is 1.69. The number of hydrazine groups is 1. The van der Waals surface area contributed by atoms with E-state index in [9.17, 15) is 9.59 Å². The molecule has 26 heavy (non-hydrogen) atoms. The first kappa shape index (κ1) is 18.1. The van der Waals surface area contributed by atoms with Crippen LogP contribution in [0.2, 0.25) is 0 Å². The van der Waals surface area contributed by atoms with Crippen molar-refractivity contribution in [2.75, 3.05) is 26.3 Å². The molecule has 2 heterocycles. The molecule has 2 aromatic rings. The van der Waals surface area contributed by atoms with E-state index < -0.39 is 11.9 Å². The molecular formula is C18H22N4O4.